The summed E-state index contributed by atoms with van der Waals surface area (Å²) >= 11 is 12.8. The topological polar surface area (TPSA) is 83.0 Å². The number of amidine groups is 1. The fraction of sp³-hybridized carbons (Fsp3) is 0.500. The quantitative estimate of drug-likeness (QED) is 0.320. The number of urea groups is 2. The molecule has 0 radical (unpaired) electrons. The highest BCUT2D eigenvalue weighted by Gasteiger charge is 2.15. The average molecular weight is 449 g/mol. The maximum absolute atomic E-state index is 12.4. The zero-order chi connectivity index (χ0) is 20.9. The first-order valence-electron chi connectivity index (χ1n) is 9.01. The SMILES string of the molecule is CCCCN(CCCC)C(=O)N=C(NC(=O)NSc1ccc(Cl)c(Cl)c1)OC. The highest BCUT2D eigenvalue weighted by Crippen LogP contribution is 2.26. The number of unbranched alkanes of at least 4 members (excludes halogenated alkanes) is 2. The molecule has 7 nitrogen and oxygen atoms in total. The number of nitrogens with one attached hydrogen (secondary N) is 2. The predicted molar refractivity (Wildman–Crippen MR) is 115 cm³/mol. The minimum atomic E-state index is -0.585. The Morgan fingerprint density at radius 2 is 1.79 bits per heavy atom. The Morgan fingerprint density at radius 3 is 2.32 bits per heavy atom. The van der Waals surface area contributed by atoms with Crippen LogP contribution in [0.4, 0.5) is 9.59 Å². The standard InChI is InChI=1S/C18H26Cl2N4O3S/c1-4-6-10-24(11-7-5-2)18(26)22-17(27-3)21-16(25)23-28-13-8-9-14(19)15(20)12-13/h8-9,12H,4-7,10-11H2,1-3H3,(H2,21,22,23,25,26). The van der Waals surface area contributed by atoms with Crippen LogP contribution >= 0.6 is 35.1 Å². The Bertz CT molecular complexity index is 681. The summed E-state index contributed by atoms with van der Waals surface area (Å²) in [4.78, 5) is 30.7. The van der Waals surface area contributed by atoms with Crippen LogP contribution in [-0.4, -0.2) is 43.2 Å². The number of carbonyl (C=O) groups excluding carboxylic acids is 2. The number of carbonyl (C=O) groups is 2. The van der Waals surface area contributed by atoms with Gasteiger partial charge in [-0.2, -0.15) is 0 Å². The van der Waals surface area contributed by atoms with Gasteiger partial charge in [-0.1, -0.05) is 49.9 Å². The van der Waals surface area contributed by atoms with Gasteiger partial charge in [0, 0.05) is 18.0 Å². The van der Waals surface area contributed by atoms with Crippen LogP contribution in [0.3, 0.4) is 0 Å². The Hall–Kier alpha value is -1.64. The molecule has 0 heterocycles. The van der Waals surface area contributed by atoms with Gasteiger partial charge in [-0.25, -0.2) is 9.59 Å². The van der Waals surface area contributed by atoms with E-state index in [9.17, 15) is 9.59 Å². The number of amides is 4. The maximum atomic E-state index is 12.4. The van der Waals surface area contributed by atoms with Crippen molar-refractivity contribution >= 4 is 53.2 Å². The lowest BCUT2D eigenvalue weighted by atomic mass is 10.3. The normalized spacial score (nSPS) is 11.1. The van der Waals surface area contributed by atoms with Gasteiger partial charge in [0.25, 0.3) is 0 Å². The van der Waals surface area contributed by atoms with Crippen LogP contribution in [0.5, 0.6) is 0 Å². The summed E-state index contributed by atoms with van der Waals surface area (Å²) in [6.07, 6.45) is 3.73. The smallest absolute Gasteiger partial charge is 0.348 e. The van der Waals surface area contributed by atoms with Crippen LogP contribution in [0.2, 0.25) is 10.0 Å². The molecule has 0 saturated carbocycles. The highest BCUT2D eigenvalue weighted by molar-refractivity contribution is 7.98. The Labute approximate surface area is 180 Å². The third-order valence-electron chi connectivity index (χ3n) is 3.60. The van der Waals surface area contributed by atoms with Crippen molar-refractivity contribution in [1.29, 1.82) is 0 Å². The molecule has 0 atom stereocenters. The van der Waals surface area contributed by atoms with E-state index in [1.807, 2.05) is 0 Å². The maximum Gasteiger partial charge on any atom is 0.348 e. The number of ether oxygens (including phenoxy) is 1. The fourth-order valence-electron chi connectivity index (χ4n) is 2.05. The molecular formula is C18H26Cl2N4O3S. The number of aliphatic imine (C=N–C) groups is 1. The van der Waals surface area contributed by atoms with Gasteiger partial charge in [0.1, 0.15) is 0 Å². The van der Waals surface area contributed by atoms with Gasteiger partial charge < -0.3 is 9.64 Å². The van der Waals surface area contributed by atoms with Crippen molar-refractivity contribution in [2.75, 3.05) is 20.2 Å². The molecule has 10 heteroatoms. The predicted octanol–water partition coefficient (Wildman–Crippen LogP) is 5.32. The van der Waals surface area contributed by atoms with Crippen LogP contribution in [0.25, 0.3) is 0 Å². The molecular weight excluding hydrogens is 423 g/mol. The summed E-state index contributed by atoms with van der Waals surface area (Å²) in [6.45, 7) is 5.36. The minimum absolute atomic E-state index is 0.171. The Kier molecular flexibility index (Phi) is 11.8. The van der Waals surface area contributed by atoms with Crippen LogP contribution < -0.4 is 10.0 Å². The third-order valence-corrected chi connectivity index (χ3v) is 5.11. The number of nitrogens with zero attached hydrogens (tertiary/aromatic N) is 2. The second-order valence-corrected chi connectivity index (χ2v) is 7.53. The number of halogens is 2. The average Bonchev–Trinajstić information content (AvgIpc) is 2.68. The van der Waals surface area contributed by atoms with E-state index in [4.69, 9.17) is 27.9 Å². The zero-order valence-corrected chi connectivity index (χ0v) is 18.6. The van der Waals surface area contributed by atoms with Gasteiger partial charge in [0.15, 0.2) is 0 Å². The lowest BCUT2D eigenvalue weighted by Gasteiger charge is -2.20. The Morgan fingerprint density at radius 1 is 1.14 bits per heavy atom. The molecule has 0 aliphatic carbocycles. The van der Waals surface area contributed by atoms with E-state index in [2.05, 4.69) is 28.9 Å². The van der Waals surface area contributed by atoms with Crippen molar-refractivity contribution in [3.63, 3.8) is 0 Å². The van der Waals surface area contributed by atoms with Gasteiger partial charge in [-0.05, 0) is 43.0 Å². The second kappa shape index (κ2) is 13.5. The van der Waals surface area contributed by atoms with Gasteiger partial charge in [-0.15, -0.1) is 4.99 Å². The van der Waals surface area contributed by atoms with Crippen molar-refractivity contribution in [1.82, 2.24) is 14.9 Å². The summed E-state index contributed by atoms with van der Waals surface area (Å²) in [7, 11) is 1.33. The number of rotatable bonds is 8. The van der Waals surface area contributed by atoms with Gasteiger partial charge in [-0.3, -0.25) is 10.0 Å². The molecule has 4 amide bonds. The van der Waals surface area contributed by atoms with Crippen LogP contribution in [0.1, 0.15) is 39.5 Å². The van der Waals surface area contributed by atoms with Crippen molar-refractivity contribution in [3.8, 4) is 0 Å². The van der Waals surface area contributed by atoms with Crippen LogP contribution in [0, 0.1) is 0 Å². The first-order chi connectivity index (χ1) is 13.4. The molecule has 0 spiro atoms. The van der Waals surface area contributed by atoms with Crippen molar-refractivity contribution < 1.29 is 14.3 Å². The summed E-state index contributed by atoms with van der Waals surface area (Å²) in [5.41, 5.74) is 0. The highest BCUT2D eigenvalue weighted by atomic mass is 35.5. The number of benzene rings is 1. The van der Waals surface area contributed by atoms with E-state index in [-0.39, 0.29) is 6.02 Å². The molecule has 0 saturated heterocycles. The largest absolute Gasteiger partial charge is 0.468 e. The molecule has 0 bridgehead atoms. The summed E-state index contributed by atoms with van der Waals surface area (Å²) in [6, 6.07) is 3.79. The monoisotopic (exact) mass is 448 g/mol. The van der Waals surface area contributed by atoms with Crippen LogP contribution in [-0.2, 0) is 4.74 Å². The molecule has 0 aliphatic rings. The fourth-order valence-corrected chi connectivity index (χ4v) is 2.99. The van der Waals surface area contributed by atoms with E-state index < -0.39 is 12.1 Å². The van der Waals surface area contributed by atoms with Crippen molar-refractivity contribution in [2.24, 2.45) is 4.99 Å². The molecule has 0 fully saturated rings. The summed E-state index contributed by atoms with van der Waals surface area (Å²) in [5.74, 6) is 0. The molecule has 1 aromatic rings. The van der Waals surface area contributed by atoms with Gasteiger partial charge in [0.2, 0.25) is 0 Å². The van der Waals surface area contributed by atoms with E-state index in [1.165, 1.54) is 7.11 Å². The summed E-state index contributed by atoms with van der Waals surface area (Å²) < 4.78 is 7.58. The molecule has 1 aromatic carbocycles. The molecule has 1 rings (SSSR count). The number of hydrogen-bond donors (Lipinski definition) is 2. The van der Waals surface area contributed by atoms with Gasteiger partial charge >= 0.3 is 18.1 Å². The molecule has 0 aromatic heterocycles. The second-order valence-electron chi connectivity index (χ2n) is 5.83. The lowest BCUT2D eigenvalue weighted by molar-refractivity contribution is 0.205. The van der Waals surface area contributed by atoms with E-state index in [0.717, 1.165) is 37.6 Å². The number of hydrogen-bond acceptors (Lipinski definition) is 4. The zero-order valence-electron chi connectivity index (χ0n) is 16.3. The first-order valence-corrected chi connectivity index (χ1v) is 10.6. The molecule has 0 aliphatic heterocycles. The molecule has 0 unspecified atom stereocenters. The van der Waals surface area contributed by atoms with Crippen LogP contribution in [0.15, 0.2) is 28.1 Å². The lowest BCUT2D eigenvalue weighted by Crippen LogP contribution is -2.39. The van der Waals surface area contributed by atoms with E-state index >= 15 is 0 Å². The number of methoxy groups -OCH3 is 1. The van der Waals surface area contributed by atoms with E-state index in [1.54, 1.807) is 23.1 Å². The first kappa shape index (κ1) is 24.4. The molecule has 2 N–H and O–H groups in total. The third kappa shape index (κ3) is 9.03. The molecule has 156 valence electrons. The molecule has 28 heavy (non-hydrogen) atoms. The van der Waals surface area contributed by atoms with Gasteiger partial charge in [0.05, 0.1) is 17.2 Å². The minimum Gasteiger partial charge on any atom is -0.468 e. The Balaban J connectivity index is 2.64. The van der Waals surface area contributed by atoms with Crippen molar-refractivity contribution in [3.05, 3.63) is 28.2 Å². The van der Waals surface area contributed by atoms with E-state index in [0.29, 0.717) is 28.0 Å². The summed E-state index contributed by atoms with van der Waals surface area (Å²) in [5, 5.41) is 3.23. The van der Waals surface area contributed by atoms with Crippen molar-refractivity contribution in [2.45, 2.75) is 44.4 Å².